The van der Waals surface area contributed by atoms with Gasteiger partial charge in [0.25, 0.3) is 0 Å². The number of aromatic nitrogens is 1. The van der Waals surface area contributed by atoms with E-state index in [2.05, 4.69) is 27.2 Å². The number of rotatable bonds is 6. The van der Waals surface area contributed by atoms with Crippen LogP contribution in [0.2, 0.25) is 0 Å². The minimum Gasteiger partial charge on any atom is -0.353 e. The third-order valence-electron chi connectivity index (χ3n) is 2.69. The first-order valence-electron chi connectivity index (χ1n) is 6.86. The Morgan fingerprint density at radius 1 is 1.39 bits per heavy atom. The second kappa shape index (κ2) is 10.9. The third-order valence-corrected chi connectivity index (χ3v) is 2.69. The first-order valence-corrected chi connectivity index (χ1v) is 6.86. The number of likely N-dealkylation sites (N-methyl/N-ethyl adjacent to an activating group) is 1. The molecule has 1 aromatic heterocycles. The summed E-state index contributed by atoms with van der Waals surface area (Å²) in [5, 5.41) is 5.92. The van der Waals surface area contributed by atoms with Gasteiger partial charge in [-0.15, -0.1) is 24.0 Å². The van der Waals surface area contributed by atoms with Crippen molar-refractivity contribution in [1.29, 1.82) is 0 Å². The Morgan fingerprint density at radius 3 is 2.61 bits per heavy atom. The number of pyridine rings is 1. The Morgan fingerprint density at radius 2 is 2.04 bits per heavy atom. The number of halogens is 2. The van der Waals surface area contributed by atoms with Crippen LogP contribution in [0.1, 0.15) is 12.6 Å². The average Bonchev–Trinajstić information content (AvgIpc) is 2.47. The summed E-state index contributed by atoms with van der Waals surface area (Å²) < 4.78 is 13.5. The van der Waals surface area contributed by atoms with Gasteiger partial charge in [0.1, 0.15) is 5.82 Å². The van der Waals surface area contributed by atoms with Crippen LogP contribution in [0.5, 0.6) is 0 Å². The first kappa shape index (κ1) is 21.3. The molecule has 128 valence electrons. The van der Waals surface area contributed by atoms with Crippen molar-refractivity contribution in [2.45, 2.75) is 13.5 Å². The highest BCUT2D eigenvalue weighted by atomic mass is 127. The summed E-state index contributed by atoms with van der Waals surface area (Å²) in [4.78, 5) is 21.3. The second-order valence-corrected chi connectivity index (χ2v) is 5.05. The fraction of sp³-hybridized carbons (Fsp3) is 0.400. The van der Waals surface area contributed by atoms with Crippen LogP contribution in [-0.4, -0.2) is 48.9 Å². The maximum Gasteiger partial charge on any atom is 0.241 e. The van der Waals surface area contributed by atoms with Crippen LogP contribution in [0.4, 0.5) is 4.39 Å². The molecule has 1 amide bonds. The molecule has 0 bridgehead atoms. The first-order chi connectivity index (χ1) is 10.4. The summed E-state index contributed by atoms with van der Waals surface area (Å²) in [5.41, 5.74) is 1.16. The number of carbonyl (C=O) groups is 1. The lowest BCUT2D eigenvalue weighted by molar-refractivity contribution is -0.127. The van der Waals surface area contributed by atoms with Gasteiger partial charge in [-0.25, -0.2) is 9.38 Å². The smallest absolute Gasteiger partial charge is 0.241 e. The lowest BCUT2D eigenvalue weighted by Crippen LogP contribution is -2.43. The monoisotopic (exact) mass is 435 g/mol. The van der Waals surface area contributed by atoms with Gasteiger partial charge in [-0.1, -0.05) is 12.2 Å². The standard InChI is InChI=1S/C15H22FN5O.HI/c1-11(2)8-18-15(20-10-14(22)21(3)4)19-9-13-12(16)6-5-7-17-13;/h5-7H,1,8-10H2,2-4H3,(H2,18,19,20);1H. The Balaban J connectivity index is 0.00000484. The fourth-order valence-corrected chi connectivity index (χ4v) is 1.42. The van der Waals surface area contributed by atoms with Gasteiger partial charge in [-0.3, -0.25) is 9.78 Å². The molecule has 0 unspecified atom stereocenters. The van der Waals surface area contributed by atoms with E-state index < -0.39 is 5.82 Å². The summed E-state index contributed by atoms with van der Waals surface area (Å²) in [6.45, 7) is 6.34. The van der Waals surface area contributed by atoms with E-state index in [1.54, 1.807) is 14.1 Å². The zero-order valence-corrected chi connectivity index (χ0v) is 15.9. The largest absolute Gasteiger partial charge is 0.353 e. The van der Waals surface area contributed by atoms with Crippen LogP contribution in [0, 0.1) is 5.82 Å². The van der Waals surface area contributed by atoms with Crippen molar-refractivity contribution in [1.82, 2.24) is 20.5 Å². The molecule has 0 aliphatic carbocycles. The lowest BCUT2D eigenvalue weighted by Gasteiger charge is -2.15. The number of hydrogen-bond donors (Lipinski definition) is 2. The highest BCUT2D eigenvalue weighted by Crippen LogP contribution is 2.03. The molecule has 23 heavy (non-hydrogen) atoms. The summed E-state index contributed by atoms with van der Waals surface area (Å²) in [5.74, 6) is -0.0908. The Kier molecular flexibility index (Phi) is 10.1. The second-order valence-electron chi connectivity index (χ2n) is 5.05. The molecule has 8 heteroatoms. The number of nitrogens with zero attached hydrogens (tertiary/aromatic N) is 3. The van der Waals surface area contributed by atoms with Crippen molar-refractivity contribution in [2.24, 2.45) is 4.99 Å². The van der Waals surface area contributed by atoms with E-state index in [0.29, 0.717) is 12.5 Å². The van der Waals surface area contributed by atoms with Gasteiger partial charge in [0.2, 0.25) is 5.91 Å². The molecule has 0 spiro atoms. The molecule has 0 aliphatic heterocycles. The summed E-state index contributed by atoms with van der Waals surface area (Å²) in [7, 11) is 3.34. The predicted octanol–water partition coefficient (Wildman–Crippen LogP) is 1.54. The van der Waals surface area contributed by atoms with E-state index in [9.17, 15) is 9.18 Å². The van der Waals surface area contributed by atoms with Gasteiger partial charge in [-0.2, -0.15) is 0 Å². The highest BCUT2D eigenvalue weighted by Gasteiger charge is 2.07. The molecule has 0 radical (unpaired) electrons. The van der Waals surface area contributed by atoms with Gasteiger partial charge in [-0.05, 0) is 19.1 Å². The van der Waals surface area contributed by atoms with Crippen molar-refractivity contribution in [3.8, 4) is 0 Å². The van der Waals surface area contributed by atoms with Crippen molar-refractivity contribution < 1.29 is 9.18 Å². The lowest BCUT2D eigenvalue weighted by atomic mass is 10.3. The Bertz CT molecular complexity index is 563. The summed E-state index contributed by atoms with van der Waals surface area (Å²) in [6.07, 6.45) is 1.51. The van der Waals surface area contributed by atoms with Crippen LogP contribution in [-0.2, 0) is 11.3 Å². The molecule has 0 atom stereocenters. The molecule has 1 heterocycles. The van der Waals surface area contributed by atoms with E-state index in [4.69, 9.17) is 0 Å². The van der Waals surface area contributed by atoms with Crippen LogP contribution in [0.25, 0.3) is 0 Å². The van der Waals surface area contributed by atoms with Gasteiger partial charge in [0, 0.05) is 26.8 Å². The van der Waals surface area contributed by atoms with Gasteiger partial charge >= 0.3 is 0 Å². The molecule has 1 aromatic rings. The SMILES string of the molecule is C=C(C)CNC(=NCc1ncccc1F)NCC(=O)N(C)C.I. The van der Waals surface area contributed by atoms with Crippen molar-refractivity contribution in [3.05, 3.63) is 42.0 Å². The number of carbonyl (C=O) groups excluding carboxylic acids is 1. The van der Waals surface area contributed by atoms with Gasteiger partial charge in [0.05, 0.1) is 18.8 Å². The maximum absolute atomic E-state index is 13.5. The zero-order valence-electron chi connectivity index (χ0n) is 13.6. The number of nitrogens with one attached hydrogen (secondary N) is 2. The number of hydrogen-bond acceptors (Lipinski definition) is 3. The van der Waals surface area contributed by atoms with E-state index in [0.717, 1.165) is 5.57 Å². The molecule has 0 saturated carbocycles. The molecule has 2 N–H and O–H groups in total. The van der Waals surface area contributed by atoms with Crippen LogP contribution < -0.4 is 10.6 Å². The molecule has 6 nitrogen and oxygen atoms in total. The van der Waals surface area contributed by atoms with Crippen molar-refractivity contribution in [3.63, 3.8) is 0 Å². The van der Waals surface area contributed by atoms with Gasteiger partial charge in [0.15, 0.2) is 5.96 Å². The molecule has 0 aromatic carbocycles. The minimum atomic E-state index is -0.408. The summed E-state index contributed by atoms with van der Waals surface area (Å²) in [6, 6.07) is 2.86. The molecule has 1 rings (SSSR count). The fourth-order valence-electron chi connectivity index (χ4n) is 1.42. The van der Waals surface area contributed by atoms with Crippen LogP contribution in [0.3, 0.4) is 0 Å². The van der Waals surface area contributed by atoms with Gasteiger partial charge < -0.3 is 15.5 Å². The highest BCUT2D eigenvalue weighted by molar-refractivity contribution is 14.0. The normalized spacial score (nSPS) is 10.5. The predicted molar refractivity (Wildman–Crippen MR) is 100 cm³/mol. The third kappa shape index (κ3) is 8.48. The Hall–Kier alpha value is -1.71. The number of amides is 1. The van der Waals surface area contributed by atoms with Crippen molar-refractivity contribution >= 4 is 35.8 Å². The molecule has 0 aliphatic rings. The van der Waals surface area contributed by atoms with Crippen molar-refractivity contribution in [2.75, 3.05) is 27.2 Å². The maximum atomic E-state index is 13.5. The van der Waals surface area contributed by atoms with E-state index in [1.165, 1.54) is 23.2 Å². The quantitative estimate of drug-likeness (QED) is 0.308. The minimum absolute atomic E-state index is 0. The Labute approximate surface area is 153 Å². The average molecular weight is 435 g/mol. The molecule has 0 saturated heterocycles. The zero-order chi connectivity index (χ0) is 16.5. The van der Waals surface area contributed by atoms with Crippen LogP contribution >= 0.6 is 24.0 Å². The van der Waals surface area contributed by atoms with Crippen LogP contribution in [0.15, 0.2) is 35.5 Å². The van der Waals surface area contributed by atoms with E-state index >= 15 is 0 Å². The summed E-state index contributed by atoms with van der Waals surface area (Å²) >= 11 is 0. The molecular formula is C15H23FIN5O. The molecule has 0 fully saturated rings. The van der Waals surface area contributed by atoms with E-state index in [1.807, 2.05) is 6.92 Å². The molecular weight excluding hydrogens is 412 g/mol. The number of aliphatic imine (C=N–C) groups is 1. The number of guanidine groups is 1. The topological polar surface area (TPSA) is 69.6 Å². The van der Waals surface area contributed by atoms with E-state index in [-0.39, 0.29) is 48.7 Å².